The number of hydrogen-bond donors (Lipinski definition) is 1. The molecular formula is C18H20N2O6. The number of benzene rings is 2. The van der Waals surface area contributed by atoms with Crippen molar-refractivity contribution in [3.05, 3.63) is 52.6 Å². The highest BCUT2D eigenvalue weighted by molar-refractivity contribution is 5.71. The van der Waals surface area contributed by atoms with Crippen molar-refractivity contribution in [1.82, 2.24) is 5.32 Å². The van der Waals surface area contributed by atoms with Gasteiger partial charge in [0.15, 0.2) is 11.5 Å². The van der Waals surface area contributed by atoms with E-state index in [4.69, 9.17) is 14.2 Å². The topological polar surface area (TPSA) is 99.9 Å². The first-order valence-electron chi connectivity index (χ1n) is 7.78. The van der Waals surface area contributed by atoms with Crippen LogP contribution in [0.5, 0.6) is 23.0 Å². The summed E-state index contributed by atoms with van der Waals surface area (Å²) in [7, 11) is 1.46. The van der Waals surface area contributed by atoms with Crippen molar-refractivity contribution in [3.8, 4) is 23.0 Å². The Morgan fingerprint density at radius 3 is 2.19 bits per heavy atom. The molecule has 1 N–H and O–H groups in total. The van der Waals surface area contributed by atoms with Gasteiger partial charge in [-0.1, -0.05) is 0 Å². The zero-order valence-corrected chi connectivity index (χ0v) is 14.9. The van der Waals surface area contributed by atoms with Crippen LogP contribution in [0.15, 0.2) is 42.5 Å². The Hall–Kier alpha value is -3.29. The Labute approximate surface area is 150 Å². The molecule has 0 aliphatic carbocycles. The summed E-state index contributed by atoms with van der Waals surface area (Å²) in [5.41, 5.74) is -0.446. The summed E-state index contributed by atoms with van der Waals surface area (Å²) in [5.74, 6) is 1.43. The molecule has 0 aliphatic heterocycles. The number of non-ortho nitro benzene ring substituents is 1. The van der Waals surface area contributed by atoms with E-state index in [0.717, 1.165) is 0 Å². The monoisotopic (exact) mass is 360 g/mol. The summed E-state index contributed by atoms with van der Waals surface area (Å²) < 4.78 is 16.1. The molecule has 0 spiro atoms. The molecule has 0 aromatic heterocycles. The van der Waals surface area contributed by atoms with Crippen LogP contribution >= 0.6 is 0 Å². The van der Waals surface area contributed by atoms with E-state index in [0.29, 0.717) is 23.0 Å². The van der Waals surface area contributed by atoms with Crippen LogP contribution in [-0.2, 0) is 0 Å². The third-order valence-corrected chi connectivity index (χ3v) is 3.10. The number of nitrogens with zero attached hydrogens (tertiary/aromatic N) is 1. The highest BCUT2D eigenvalue weighted by Crippen LogP contribution is 2.35. The fraction of sp³-hybridized carbons (Fsp3) is 0.278. The van der Waals surface area contributed by atoms with E-state index < -0.39 is 16.6 Å². The van der Waals surface area contributed by atoms with Crippen LogP contribution in [0.25, 0.3) is 0 Å². The van der Waals surface area contributed by atoms with Crippen molar-refractivity contribution in [3.63, 3.8) is 0 Å². The second kappa shape index (κ2) is 7.73. The van der Waals surface area contributed by atoms with Crippen molar-refractivity contribution < 1.29 is 23.9 Å². The highest BCUT2D eigenvalue weighted by atomic mass is 16.6. The van der Waals surface area contributed by atoms with Crippen LogP contribution in [0.1, 0.15) is 20.8 Å². The largest absolute Gasteiger partial charge is 0.493 e. The Morgan fingerprint density at radius 1 is 1.04 bits per heavy atom. The molecule has 0 radical (unpaired) electrons. The van der Waals surface area contributed by atoms with Crippen LogP contribution in [0.2, 0.25) is 0 Å². The van der Waals surface area contributed by atoms with Crippen molar-refractivity contribution in [2.24, 2.45) is 0 Å². The fourth-order valence-corrected chi connectivity index (χ4v) is 2.00. The molecule has 0 heterocycles. The van der Waals surface area contributed by atoms with E-state index in [-0.39, 0.29) is 5.69 Å². The number of carbonyl (C=O) groups is 1. The first-order chi connectivity index (χ1) is 12.2. The number of carbonyl (C=O) groups excluding carboxylic acids is 1. The molecule has 2 rings (SSSR count). The van der Waals surface area contributed by atoms with Crippen molar-refractivity contribution in [2.75, 3.05) is 7.11 Å². The van der Waals surface area contributed by atoms with E-state index in [1.807, 2.05) is 20.8 Å². The molecule has 2 aromatic rings. The zero-order valence-electron chi connectivity index (χ0n) is 14.9. The summed E-state index contributed by atoms with van der Waals surface area (Å²) in [4.78, 5) is 22.0. The van der Waals surface area contributed by atoms with Crippen LogP contribution in [0.4, 0.5) is 10.5 Å². The summed E-state index contributed by atoms with van der Waals surface area (Å²) in [5, 5.41) is 13.4. The van der Waals surface area contributed by atoms with E-state index in [1.54, 1.807) is 12.1 Å². The van der Waals surface area contributed by atoms with Gasteiger partial charge in [0.25, 0.3) is 5.69 Å². The summed E-state index contributed by atoms with van der Waals surface area (Å²) in [6.45, 7) is 5.53. The van der Waals surface area contributed by atoms with Crippen molar-refractivity contribution in [2.45, 2.75) is 26.3 Å². The Kier molecular flexibility index (Phi) is 5.66. The second-order valence-electron chi connectivity index (χ2n) is 6.43. The van der Waals surface area contributed by atoms with Gasteiger partial charge in [-0.25, -0.2) is 4.79 Å². The number of methoxy groups -OCH3 is 1. The third kappa shape index (κ3) is 5.37. The lowest BCUT2D eigenvalue weighted by Crippen LogP contribution is -2.42. The molecular weight excluding hydrogens is 340 g/mol. The minimum atomic E-state index is -0.580. The summed E-state index contributed by atoms with van der Waals surface area (Å²) in [6, 6.07) is 10.3. The quantitative estimate of drug-likeness (QED) is 0.631. The van der Waals surface area contributed by atoms with Crippen LogP contribution in [0.3, 0.4) is 0 Å². The van der Waals surface area contributed by atoms with Gasteiger partial charge in [0, 0.05) is 23.7 Å². The minimum Gasteiger partial charge on any atom is -0.493 e. The molecule has 8 heteroatoms. The van der Waals surface area contributed by atoms with Gasteiger partial charge in [0.2, 0.25) is 0 Å². The second-order valence-corrected chi connectivity index (χ2v) is 6.43. The van der Waals surface area contributed by atoms with Crippen molar-refractivity contribution in [1.29, 1.82) is 0 Å². The van der Waals surface area contributed by atoms with Gasteiger partial charge in [-0.2, -0.15) is 0 Å². The zero-order chi connectivity index (χ0) is 19.3. The van der Waals surface area contributed by atoms with E-state index >= 15 is 0 Å². The van der Waals surface area contributed by atoms with E-state index in [1.165, 1.54) is 37.4 Å². The number of nitrogens with one attached hydrogen (secondary N) is 1. The predicted molar refractivity (Wildman–Crippen MR) is 95.1 cm³/mol. The summed E-state index contributed by atoms with van der Waals surface area (Å²) >= 11 is 0. The molecule has 26 heavy (non-hydrogen) atoms. The number of hydrogen-bond acceptors (Lipinski definition) is 6. The molecule has 0 bridgehead atoms. The Morgan fingerprint density at radius 2 is 1.65 bits per heavy atom. The molecule has 1 amide bonds. The van der Waals surface area contributed by atoms with Gasteiger partial charge in [0.1, 0.15) is 11.5 Å². The Balaban J connectivity index is 2.13. The van der Waals surface area contributed by atoms with Gasteiger partial charge in [-0.05, 0) is 45.0 Å². The smallest absolute Gasteiger partial charge is 0.413 e. The molecule has 0 aliphatic rings. The maximum atomic E-state index is 11.8. The van der Waals surface area contributed by atoms with Crippen molar-refractivity contribution >= 4 is 11.8 Å². The molecule has 0 saturated carbocycles. The average Bonchev–Trinajstić information content (AvgIpc) is 2.55. The van der Waals surface area contributed by atoms with E-state index in [9.17, 15) is 14.9 Å². The molecule has 0 saturated heterocycles. The maximum Gasteiger partial charge on any atom is 0.413 e. The highest BCUT2D eigenvalue weighted by Gasteiger charge is 2.16. The maximum absolute atomic E-state index is 11.8. The first kappa shape index (κ1) is 19.0. The van der Waals surface area contributed by atoms with Gasteiger partial charge in [0.05, 0.1) is 12.0 Å². The molecule has 0 atom stereocenters. The molecule has 8 nitrogen and oxygen atoms in total. The lowest BCUT2D eigenvalue weighted by molar-refractivity contribution is -0.384. The lowest BCUT2D eigenvalue weighted by atomic mass is 10.1. The third-order valence-electron chi connectivity index (χ3n) is 3.10. The van der Waals surface area contributed by atoms with Crippen LogP contribution in [-0.4, -0.2) is 23.7 Å². The summed E-state index contributed by atoms with van der Waals surface area (Å²) in [6.07, 6.45) is -0.580. The lowest BCUT2D eigenvalue weighted by Gasteiger charge is -2.20. The van der Waals surface area contributed by atoms with E-state index in [2.05, 4.69) is 5.32 Å². The normalized spacial score (nSPS) is 10.8. The number of nitro groups is 1. The molecule has 0 fully saturated rings. The number of ether oxygens (including phenoxy) is 3. The van der Waals surface area contributed by atoms with Crippen LogP contribution in [0, 0.1) is 10.1 Å². The first-order valence-corrected chi connectivity index (χ1v) is 7.78. The number of nitro benzene ring substituents is 1. The predicted octanol–water partition coefficient (Wildman–Crippen LogP) is 4.28. The number of rotatable bonds is 5. The molecule has 0 unspecified atom stereocenters. The fourth-order valence-electron chi connectivity index (χ4n) is 2.00. The van der Waals surface area contributed by atoms with Gasteiger partial charge in [-0.3, -0.25) is 10.1 Å². The van der Waals surface area contributed by atoms with Gasteiger partial charge in [-0.15, -0.1) is 0 Å². The van der Waals surface area contributed by atoms with Gasteiger partial charge < -0.3 is 19.5 Å². The molecule has 138 valence electrons. The number of amides is 1. The molecule has 2 aromatic carbocycles. The van der Waals surface area contributed by atoms with Gasteiger partial charge >= 0.3 is 6.09 Å². The minimum absolute atomic E-state index is 0.0297. The Bertz CT molecular complexity index is 796. The van der Waals surface area contributed by atoms with Crippen LogP contribution < -0.4 is 19.5 Å². The average molecular weight is 360 g/mol. The standard InChI is InChI=1S/C18H20N2O6/c1-18(2,3)19-17(21)26-14-9-10-15(16(11-14)24-4)25-13-7-5-12(6-8-13)20(22)23/h5-11H,1-4H3,(H,19,21). The SMILES string of the molecule is COc1cc(OC(=O)NC(C)(C)C)ccc1Oc1ccc([N+](=O)[O-])cc1.